The van der Waals surface area contributed by atoms with E-state index in [9.17, 15) is 18.0 Å². The molecule has 0 aliphatic heterocycles. The van der Waals surface area contributed by atoms with Gasteiger partial charge in [-0.2, -0.15) is 0 Å². The monoisotopic (exact) mass is 655 g/mol. The minimum atomic E-state index is -4.34. The number of sulfonamides is 1. The van der Waals surface area contributed by atoms with Gasteiger partial charge in [0.15, 0.2) is 11.5 Å². The molecule has 9 nitrogen and oxygen atoms in total. The van der Waals surface area contributed by atoms with Gasteiger partial charge in [0.2, 0.25) is 11.8 Å². The predicted octanol–water partition coefficient (Wildman–Crippen LogP) is 5.80. The third-order valence-electron chi connectivity index (χ3n) is 6.43. The Bertz CT molecular complexity index is 1520. The Hall–Kier alpha value is -3.18. The summed E-state index contributed by atoms with van der Waals surface area (Å²) in [5, 5.41) is 3.85. The number of ether oxygens (including phenoxy) is 2. The largest absolute Gasteiger partial charge is 0.493 e. The summed E-state index contributed by atoms with van der Waals surface area (Å²) < 4.78 is 39.7. The van der Waals surface area contributed by atoms with Crippen LogP contribution in [0.15, 0.2) is 65.6 Å². The summed E-state index contributed by atoms with van der Waals surface area (Å²) in [7, 11) is -1.51. The van der Waals surface area contributed by atoms with E-state index in [0.717, 1.165) is 4.31 Å². The van der Waals surface area contributed by atoms with E-state index in [2.05, 4.69) is 5.32 Å². The van der Waals surface area contributed by atoms with E-state index >= 15 is 0 Å². The van der Waals surface area contributed by atoms with Crippen LogP contribution in [0.1, 0.15) is 25.8 Å². The standard InChI is InChI=1S/C29H32Cl3N3O6S/c1-5-25(29(37)33-6-2)34(17-19-7-8-21(31)15-24(19)32)28(36)18-35(22-11-9-20(30)10-12-22)42(38,39)23-13-14-26(40-3)27(16-23)41-4/h7-16,25H,5-6,17-18H2,1-4H3,(H,33,37). The zero-order valence-electron chi connectivity index (χ0n) is 23.6. The second kappa shape index (κ2) is 14.8. The van der Waals surface area contributed by atoms with Crippen molar-refractivity contribution >= 4 is 62.3 Å². The molecule has 13 heteroatoms. The molecule has 0 fully saturated rings. The van der Waals surface area contributed by atoms with Crippen molar-refractivity contribution in [2.75, 3.05) is 31.6 Å². The van der Waals surface area contributed by atoms with E-state index in [1.807, 2.05) is 0 Å². The molecule has 1 atom stereocenters. The van der Waals surface area contributed by atoms with E-state index in [0.29, 0.717) is 32.9 Å². The van der Waals surface area contributed by atoms with Gasteiger partial charge < -0.3 is 19.7 Å². The zero-order valence-corrected chi connectivity index (χ0v) is 26.6. The summed E-state index contributed by atoms with van der Waals surface area (Å²) in [5.41, 5.74) is 0.732. The molecule has 42 heavy (non-hydrogen) atoms. The van der Waals surface area contributed by atoms with Crippen molar-refractivity contribution in [2.24, 2.45) is 0 Å². The first-order valence-corrected chi connectivity index (χ1v) is 15.6. The maximum absolute atomic E-state index is 14.1. The molecule has 2 amide bonds. The number of carbonyl (C=O) groups is 2. The molecule has 0 spiro atoms. The lowest BCUT2D eigenvalue weighted by Crippen LogP contribution is -2.52. The number of nitrogens with zero attached hydrogens (tertiary/aromatic N) is 2. The summed E-state index contributed by atoms with van der Waals surface area (Å²) >= 11 is 18.6. The maximum atomic E-state index is 14.1. The number of nitrogens with one attached hydrogen (secondary N) is 1. The molecule has 0 heterocycles. The number of methoxy groups -OCH3 is 2. The van der Waals surface area contributed by atoms with Crippen molar-refractivity contribution in [1.82, 2.24) is 10.2 Å². The fourth-order valence-corrected chi connectivity index (χ4v) is 6.31. The molecule has 0 aromatic heterocycles. The van der Waals surface area contributed by atoms with Crippen LogP contribution in [0.4, 0.5) is 5.69 Å². The second-order valence-electron chi connectivity index (χ2n) is 9.08. The van der Waals surface area contributed by atoms with Crippen molar-refractivity contribution in [3.63, 3.8) is 0 Å². The molecule has 3 aromatic carbocycles. The Balaban J connectivity index is 2.11. The van der Waals surface area contributed by atoms with Gasteiger partial charge in [-0.15, -0.1) is 0 Å². The fourth-order valence-electron chi connectivity index (χ4n) is 4.29. The van der Waals surface area contributed by atoms with Crippen LogP contribution in [0.5, 0.6) is 11.5 Å². The summed E-state index contributed by atoms with van der Waals surface area (Å²) in [6.45, 7) is 3.20. The Morgan fingerprint density at radius 3 is 2.10 bits per heavy atom. The molecule has 0 radical (unpaired) electrons. The lowest BCUT2D eigenvalue weighted by Gasteiger charge is -2.33. The molecule has 3 rings (SSSR count). The van der Waals surface area contributed by atoms with Crippen LogP contribution >= 0.6 is 34.8 Å². The Morgan fingerprint density at radius 2 is 1.52 bits per heavy atom. The third kappa shape index (κ3) is 7.80. The molecule has 0 saturated heterocycles. The average molecular weight is 657 g/mol. The predicted molar refractivity (Wildman–Crippen MR) is 165 cm³/mol. The minimum absolute atomic E-state index is 0.0602. The van der Waals surface area contributed by atoms with E-state index < -0.39 is 28.5 Å². The maximum Gasteiger partial charge on any atom is 0.264 e. The number of rotatable bonds is 13. The summed E-state index contributed by atoms with van der Waals surface area (Å²) in [6.07, 6.45) is 0.270. The van der Waals surface area contributed by atoms with Crippen molar-refractivity contribution in [3.05, 3.63) is 81.3 Å². The van der Waals surface area contributed by atoms with Gasteiger partial charge >= 0.3 is 0 Å². The number of halogens is 3. The first kappa shape index (κ1) is 33.3. The normalized spacial score (nSPS) is 11.9. The van der Waals surface area contributed by atoms with Gasteiger partial charge in [-0.3, -0.25) is 13.9 Å². The van der Waals surface area contributed by atoms with E-state index in [1.54, 1.807) is 26.0 Å². The number of anilines is 1. The van der Waals surface area contributed by atoms with E-state index in [-0.39, 0.29) is 35.2 Å². The van der Waals surface area contributed by atoms with Crippen LogP contribution in [0.25, 0.3) is 0 Å². The van der Waals surface area contributed by atoms with Gasteiger partial charge in [0.05, 0.1) is 24.8 Å². The summed E-state index contributed by atoms with van der Waals surface area (Å²) in [4.78, 5) is 28.3. The highest BCUT2D eigenvalue weighted by atomic mass is 35.5. The minimum Gasteiger partial charge on any atom is -0.493 e. The van der Waals surface area contributed by atoms with Crippen LogP contribution in [0, 0.1) is 0 Å². The fraction of sp³-hybridized carbons (Fsp3) is 0.310. The third-order valence-corrected chi connectivity index (χ3v) is 9.04. The Kier molecular flexibility index (Phi) is 11.8. The zero-order chi connectivity index (χ0) is 31.0. The lowest BCUT2D eigenvalue weighted by molar-refractivity contribution is -0.140. The number of likely N-dealkylation sites (N-methyl/N-ethyl adjacent to an activating group) is 1. The average Bonchev–Trinajstić information content (AvgIpc) is 2.97. The van der Waals surface area contributed by atoms with Crippen LogP contribution in [0.2, 0.25) is 15.1 Å². The van der Waals surface area contributed by atoms with E-state index in [1.165, 1.54) is 67.7 Å². The molecule has 1 N–H and O–H groups in total. The Morgan fingerprint density at radius 1 is 0.881 bits per heavy atom. The topological polar surface area (TPSA) is 105 Å². The number of hydrogen-bond donors (Lipinski definition) is 1. The number of benzene rings is 3. The molecule has 0 aliphatic carbocycles. The number of hydrogen-bond acceptors (Lipinski definition) is 6. The van der Waals surface area contributed by atoms with Gasteiger partial charge in [0, 0.05) is 34.2 Å². The van der Waals surface area contributed by atoms with Gasteiger partial charge in [0.1, 0.15) is 12.6 Å². The summed E-state index contributed by atoms with van der Waals surface area (Å²) in [6, 6.07) is 14.1. The van der Waals surface area contributed by atoms with Crippen molar-refractivity contribution in [2.45, 2.75) is 37.8 Å². The highest BCUT2D eigenvalue weighted by molar-refractivity contribution is 7.92. The van der Waals surface area contributed by atoms with Gasteiger partial charge in [-0.1, -0.05) is 47.8 Å². The van der Waals surface area contributed by atoms with Crippen LogP contribution in [-0.4, -0.2) is 58.5 Å². The summed E-state index contributed by atoms with van der Waals surface area (Å²) in [5.74, 6) is -0.469. The van der Waals surface area contributed by atoms with Gasteiger partial charge in [0.25, 0.3) is 10.0 Å². The van der Waals surface area contributed by atoms with Crippen molar-refractivity contribution in [1.29, 1.82) is 0 Å². The number of carbonyl (C=O) groups excluding carboxylic acids is 2. The molecule has 0 aliphatic rings. The molecule has 0 saturated carbocycles. The highest BCUT2D eigenvalue weighted by Gasteiger charge is 2.34. The lowest BCUT2D eigenvalue weighted by atomic mass is 10.1. The number of amides is 2. The highest BCUT2D eigenvalue weighted by Crippen LogP contribution is 2.33. The van der Waals surface area contributed by atoms with Gasteiger partial charge in [-0.25, -0.2) is 8.42 Å². The second-order valence-corrected chi connectivity index (χ2v) is 12.2. The van der Waals surface area contributed by atoms with Gasteiger partial charge in [-0.05, 0) is 67.4 Å². The van der Waals surface area contributed by atoms with Crippen LogP contribution in [-0.2, 0) is 26.2 Å². The SMILES string of the molecule is CCNC(=O)C(CC)N(Cc1ccc(Cl)cc1Cl)C(=O)CN(c1ccc(Cl)cc1)S(=O)(=O)c1ccc(OC)c(OC)c1. The molecular formula is C29H32Cl3N3O6S. The molecule has 3 aromatic rings. The van der Waals surface area contributed by atoms with Crippen LogP contribution < -0.4 is 19.1 Å². The van der Waals surface area contributed by atoms with Crippen molar-refractivity contribution in [3.8, 4) is 11.5 Å². The molecule has 1 unspecified atom stereocenters. The van der Waals surface area contributed by atoms with E-state index in [4.69, 9.17) is 44.3 Å². The quantitative estimate of drug-likeness (QED) is 0.249. The first-order valence-electron chi connectivity index (χ1n) is 13.0. The smallest absolute Gasteiger partial charge is 0.264 e. The molecule has 226 valence electrons. The van der Waals surface area contributed by atoms with Crippen molar-refractivity contribution < 1.29 is 27.5 Å². The first-order chi connectivity index (χ1) is 20.0. The molecular weight excluding hydrogens is 625 g/mol. The van der Waals surface area contributed by atoms with Crippen LogP contribution in [0.3, 0.4) is 0 Å². The Labute approximate surface area is 261 Å². The molecule has 0 bridgehead atoms.